The first-order valence-electron chi connectivity index (χ1n) is 7.31. The van der Waals surface area contributed by atoms with E-state index in [4.69, 9.17) is 0 Å². The molecule has 1 aliphatic heterocycles. The third kappa shape index (κ3) is 2.29. The van der Waals surface area contributed by atoms with Crippen molar-refractivity contribution in [1.29, 1.82) is 0 Å². The first-order chi connectivity index (χ1) is 10.1. The summed E-state index contributed by atoms with van der Waals surface area (Å²) < 4.78 is 0. The van der Waals surface area contributed by atoms with Crippen LogP contribution < -0.4 is 9.80 Å². The molecule has 1 aliphatic rings. The summed E-state index contributed by atoms with van der Waals surface area (Å²) >= 11 is 0. The molecule has 1 aromatic heterocycles. The molecule has 0 spiro atoms. The molecule has 3 heteroatoms. The largest absolute Gasteiger partial charge is 0.325 e. The highest BCUT2D eigenvalue weighted by molar-refractivity contribution is 5.67. The fourth-order valence-electron chi connectivity index (χ4n) is 3.01. The molecule has 0 saturated heterocycles. The lowest BCUT2D eigenvalue weighted by Gasteiger charge is -2.32. The fourth-order valence-corrected chi connectivity index (χ4v) is 3.01. The van der Waals surface area contributed by atoms with Crippen LogP contribution in [0.2, 0.25) is 0 Å². The van der Waals surface area contributed by atoms with E-state index < -0.39 is 0 Å². The van der Waals surface area contributed by atoms with Gasteiger partial charge in [-0.1, -0.05) is 18.2 Å². The minimum Gasteiger partial charge on any atom is -0.325 e. The van der Waals surface area contributed by atoms with E-state index in [9.17, 15) is 0 Å². The number of aromatic nitrogens is 1. The van der Waals surface area contributed by atoms with Crippen LogP contribution in [0.5, 0.6) is 0 Å². The smallest absolute Gasteiger partial charge is 0.107 e. The van der Waals surface area contributed by atoms with Crippen LogP contribution in [0.3, 0.4) is 0 Å². The van der Waals surface area contributed by atoms with Gasteiger partial charge in [0, 0.05) is 24.3 Å². The minimum atomic E-state index is 0.243. The molecule has 21 heavy (non-hydrogen) atoms. The maximum absolute atomic E-state index is 4.26. The van der Waals surface area contributed by atoms with Crippen molar-refractivity contribution >= 4 is 11.4 Å². The number of hydrogen-bond acceptors (Lipinski definition) is 3. The van der Waals surface area contributed by atoms with Gasteiger partial charge in [-0.25, -0.2) is 0 Å². The van der Waals surface area contributed by atoms with Crippen LogP contribution in [0, 0.1) is 20.8 Å². The average molecular weight is 279 g/mol. The van der Waals surface area contributed by atoms with Gasteiger partial charge < -0.3 is 9.80 Å². The average Bonchev–Trinajstić information content (AvgIpc) is 2.81. The van der Waals surface area contributed by atoms with Crippen molar-refractivity contribution < 1.29 is 0 Å². The molecule has 1 aromatic carbocycles. The second kappa shape index (κ2) is 5.24. The van der Waals surface area contributed by atoms with Crippen molar-refractivity contribution in [1.82, 2.24) is 4.98 Å². The van der Waals surface area contributed by atoms with Crippen LogP contribution in [0.4, 0.5) is 11.4 Å². The first kappa shape index (κ1) is 13.7. The molecule has 2 heterocycles. The van der Waals surface area contributed by atoms with Crippen LogP contribution in [0.25, 0.3) is 0 Å². The number of pyridine rings is 1. The van der Waals surface area contributed by atoms with E-state index in [2.05, 4.69) is 79.1 Å². The summed E-state index contributed by atoms with van der Waals surface area (Å²) in [4.78, 5) is 8.87. The van der Waals surface area contributed by atoms with Gasteiger partial charge in [-0.3, -0.25) is 4.98 Å². The van der Waals surface area contributed by atoms with Gasteiger partial charge in [-0.2, -0.15) is 0 Å². The molecule has 0 unspecified atom stereocenters. The molecule has 1 atom stereocenters. The molecule has 0 aliphatic carbocycles. The summed E-state index contributed by atoms with van der Waals surface area (Å²) in [6, 6.07) is 8.50. The lowest BCUT2D eigenvalue weighted by atomic mass is 10.1. The van der Waals surface area contributed by atoms with Crippen LogP contribution in [0.15, 0.2) is 49.1 Å². The molecule has 3 rings (SSSR count). The van der Waals surface area contributed by atoms with Crippen molar-refractivity contribution in [2.75, 3.05) is 9.80 Å². The maximum atomic E-state index is 4.26. The van der Waals surface area contributed by atoms with Gasteiger partial charge in [0.2, 0.25) is 0 Å². The normalized spacial score (nSPS) is 17.6. The predicted molar refractivity (Wildman–Crippen MR) is 88.5 cm³/mol. The van der Waals surface area contributed by atoms with Crippen molar-refractivity contribution in [2.24, 2.45) is 0 Å². The zero-order valence-corrected chi connectivity index (χ0v) is 13.0. The van der Waals surface area contributed by atoms with Crippen molar-refractivity contribution in [3.63, 3.8) is 0 Å². The molecule has 0 bridgehead atoms. The second-order valence-corrected chi connectivity index (χ2v) is 5.65. The third-order valence-electron chi connectivity index (χ3n) is 4.18. The van der Waals surface area contributed by atoms with Gasteiger partial charge in [-0.15, -0.1) is 0 Å². The Kier molecular flexibility index (Phi) is 3.42. The molecule has 0 N–H and O–H groups in total. The Labute approximate surface area is 126 Å². The number of para-hydroxylation sites is 1. The second-order valence-electron chi connectivity index (χ2n) is 5.65. The molecular weight excluding hydrogens is 258 g/mol. The Morgan fingerprint density at radius 2 is 1.57 bits per heavy atom. The van der Waals surface area contributed by atoms with Gasteiger partial charge in [0.1, 0.15) is 6.17 Å². The van der Waals surface area contributed by atoms with Gasteiger partial charge in [-0.05, 0) is 50.5 Å². The summed E-state index contributed by atoms with van der Waals surface area (Å²) in [6.07, 6.45) is 8.32. The Balaban J connectivity index is 1.97. The SMILES string of the molecule is Cc1ccncc1N1C=CN(c2c(C)cccc2C)[C@H]1C. The van der Waals surface area contributed by atoms with Crippen LogP contribution >= 0.6 is 0 Å². The van der Waals surface area contributed by atoms with E-state index in [1.54, 1.807) is 0 Å². The summed E-state index contributed by atoms with van der Waals surface area (Å²) in [5, 5.41) is 0. The zero-order valence-electron chi connectivity index (χ0n) is 13.0. The molecule has 3 nitrogen and oxygen atoms in total. The number of benzene rings is 1. The molecule has 2 aromatic rings. The van der Waals surface area contributed by atoms with E-state index in [0.717, 1.165) is 5.69 Å². The third-order valence-corrected chi connectivity index (χ3v) is 4.18. The molecule has 0 fully saturated rings. The molecular formula is C18H21N3. The lowest BCUT2D eigenvalue weighted by molar-refractivity contribution is 0.743. The van der Waals surface area contributed by atoms with E-state index >= 15 is 0 Å². The summed E-state index contributed by atoms with van der Waals surface area (Å²) in [5.41, 5.74) is 6.30. The number of nitrogens with zero attached hydrogens (tertiary/aromatic N) is 3. The lowest BCUT2D eigenvalue weighted by Crippen LogP contribution is -2.37. The minimum absolute atomic E-state index is 0.243. The van der Waals surface area contributed by atoms with Gasteiger partial charge >= 0.3 is 0 Å². The summed E-state index contributed by atoms with van der Waals surface area (Å²) in [7, 11) is 0. The first-order valence-corrected chi connectivity index (χ1v) is 7.31. The topological polar surface area (TPSA) is 19.4 Å². The Bertz CT molecular complexity index is 670. The zero-order chi connectivity index (χ0) is 15.0. The van der Waals surface area contributed by atoms with Crippen LogP contribution in [-0.2, 0) is 0 Å². The summed E-state index contributed by atoms with van der Waals surface area (Å²) in [5.74, 6) is 0. The summed E-state index contributed by atoms with van der Waals surface area (Å²) in [6.45, 7) is 8.68. The van der Waals surface area contributed by atoms with E-state index in [1.165, 1.54) is 22.4 Å². The van der Waals surface area contributed by atoms with Crippen molar-refractivity contribution in [2.45, 2.75) is 33.9 Å². The monoisotopic (exact) mass is 279 g/mol. The highest BCUT2D eigenvalue weighted by Crippen LogP contribution is 2.33. The Hall–Kier alpha value is -2.29. The quantitative estimate of drug-likeness (QED) is 0.823. The standard InChI is InChI=1S/C18H21N3/c1-13-8-9-19-12-17(13)20-10-11-21(16(20)4)18-14(2)6-5-7-15(18)3/h5-12,16H,1-4H3/t16-/m0/s1. The fraction of sp³-hybridized carbons (Fsp3) is 0.278. The predicted octanol–water partition coefficient (Wildman–Crippen LogP) is 4.15. The van der Waals surface area contributed by atoms with E-state index in [-0.39, 0.29) is 6.17 Å². The number of anilines is 2. The Morgan fingerprint density at radius 3 is 2.24 bits per heavy atom. The van der Waals surface area contributed by atoms with Gasteiger partial charge in [0.25, 0.3) is 0 Å². The highest BCUT2D eigenvalue weighted by Gasteiger charge is 2.26. The number of aryl methyl sites for hydroxylation is 3. The highest BCUT2D eigenvalue weighted by atomic mass is 15.4. The molecule has 0 saturated carbocycles. The molecule has 0 radical (unpaired) electrons. The maximum Gasteiger partial charge on any atom is 0.107 e. The van der Waals surface area contributed by atoms with Gasteiger partial charge in [0.15, 0.2) is 0 Å². The van der Waals surface area contributed by atoms with Gasteiger partial charge in [0.05, 0.1) is 11.9 Å². The van der Waals surface area contributed by atoms with Crippen LogP contribution in [0.1, 0.15) is 23.6 Å². The Morgan fingerprint density at radius 1 is 0.905 bits per heavy atom. The van der Waals surface area contributed by atoms with Crippen LogP contribution in [-0.4, -0.2) is 11.1 Å². The molecule has 0 amide bonds. The van der Waals surface area contributed by atoms with E-state index in [1.807, 2.05) is 12.4 Å². The number of hydrogen-bond donors (Lipinski definition) is 0. The van der Waals surface area contributed by atoms with Crippen molar-refractivity contribution in [3.05, 3.63) is 65.7 Å². The van der Waals surface area contributed by atoms with E-state index in [0.29, 0.717) is 0 Å². The number of rotatable bonds is 2. The molecule has 108 valence electrons. The van der Waals surface area contributed by atoms with Crippen molar-refractivity contribution in [3.8, 4) is 0 Å².